The molecule has 70 valence electrons. The van der Waals surface area contributed by atoms with Crippen molar-refractivity contribution in [1.82, 2.24) is 0 Å². The van der Waals surface area contributed by atoms with Gasteiger partial charge >= 0.3 is 0 Å². The van der Waals surface area contributed by atoms with Gasteiger partial charge in [-0.1, -0.05) is 6.07 Å². The highest BCUT2D eigenvalue weighted by molar-refractivity contribution is 5.84. The van der Waals surface area contributed by atoms with Gasteiger partial charge in [0, 0.05) is 18.8 Å². The van der Waals surface area contributed by atoms with Crippen LogP contribution in [0.3, 0.4) is 0 Å². The van der Waals surface area contributed by atoms with E-state index in [1.165, 1.54) is 5.56 Å². The van der Waals surface area contributed by atoms with Crippen LogP contribution in [0.15, 0.2) is 17.1 Å². The number of methoxy groups -OCH3 is 1. The smallest absolute Gasteiger partial charge is 0.130 e. The Labute approximate surface area is 79.3 Å². The first-order chi connectivity index (χ1) is 6.19. The number of hydrogen-bond donors (Lipinski definition) is 0. The highest BCUT2D eigenvalue weighted by Crippen LogP contribution is 2.23. The van der Waals surface area contributed by atoms with Crippen molar-refractivity contribution in [1.29, 1.82) is 0 Å². The van der Waals surface area contributed by atoms with Gasteiger partial charge in [0.15, 0.2) is 0 Å². The van der Waals surface area contributed by atoms with Crippen molar-refractivity contribution in [3.8, 4) is 5.75 Å². The SMILES string of the molecule is CN=Cc1cc(C)cc(C)c1OC. The third-order valence-electron chi connectivity index (χ3n) is 1.92. The van der Waals surface area contributed by atoms with Crippen molar-refractivity contribution < 1.29 is 4.74 Å². The van der Waals surface area contributed by atoms with Gasteiger partial charge in [-0.05, 0) is 31.0 Å². The van der Waals surface area contributed by atoms with Crippen molar-refractivity contribution in [3.05, 3.63) is 28.8 Å². The summed E-state index contributed by atoms with van der Waals surface area (Å²) in [5.41, 5.74) is 3.42. The molecule has 2 nitrogen and oxygen atoms in total. The van der Waals surface area contributed by atoms with Crippen molar-refractivity contribution in [2.75, 3.05) is 14.2 Å². The molecule has 0 radical (unpaired) electrons. The summed E-state index contributed by atoms with van der Waals surface area (Å²) in [6.07, 6.45) is 1.82. The minimum Gasteiger partial charge on any atom is -0.496 e. The minimum atomic E-state index is 0.913. The molecule has 0 N–H and O–H groups in total. The zero-order chi connectivity index (χ0) is 9.84. The van der Waals surface area contributed by atoms with E-state index in [9.17, 15) is 0 Å². The van der Waals surface area contributed by atoms with E-state index < -0.39 is 0 Å². The van der Waals surface area contributed by atoms with Crippen LogP contribution in [-0.4, -0.2) is 20.4 Å². The fraction of sp³-hybridized carbons (Fsp3) is 0.364. The summed E-state index contributed by atoms with van der Waals surface area (Å²) in [5.74, 6) is 0.913. The Morgan fingerprint density at radius 1 is 1.31 bits per heavy atom. The minimum absolute atomic E-state index is 0.913. The lowest BCUT2D eigenvalue weighted by molar-refractivity contribution is 0.411. The molecule has 0 aliphatic carbocycles. The molecule has 0 saturated carbocycles. The molecule has 1 aromatic carbocycles. The van der Waals surface area contributed by atoms with Crippen LogP contribution >= 0.6 is 0 Å². The van der Waals surface area contributed by atoms with Crippen molar-refractivity contribution in [2.45, 2.75) is 13.8 Å². The normalized spacial score (nSPS) is 10.8. The van der Waals surface area contributed by atoms with Crippen molar-refractivity contribution >= 4 is 6.21 Å². The average Bonchev–Trinajstić information content (AvgIpc) is 2.04. The van der Waals surface area contributed by atoms with E-state index in [-0.39, 0.29) is 0 Å². The van der Waals surface area contributed by atoms with E-state index in [1.807, 2.05) is 13.1 Å². The first kappa shape index (κ1) is 9.78. The largest absolute Gasteiger partial charge is 0.496 e. The summed E-state index contributed by atoms with van der Waals surface area (Å²) in [6.45, 7) is 4.11. The van der Waals surface area contributed by atoms with E-state index in [4.69, 9.17) is 4.74 Å². The average molecular weight is 177 g/mol. The predicted octanol–water partition coefficient (Wildman–Crippen LogP) is 2.36. The second-order valence-electron chi connectivity index (χ2n) is 3.09. The number of hydrogen-bond acceptors (Lipinski definition) is 2. The van der Waals surface area contributed by atoms with Gasteiger partial charge in [-0.2, -0.15) is 0 Å². The molecule has 0 spiro atoms. The van der Waals surface area contributed by atoms with E-state index >= 15 is 0 Å². The van der Waals surface area contributed by atoms with Gasteiger partial charge in [0.1, 0.15) is 5.75 Å². The number of rotatable bonds is 2. The Hall–Kier alpha value is -1.31. The number of aliphatic imine (C=N–C) groups is 1. The fourth-order valence-electron chi connectivity index (χ4n) is 1.50. The highest BCUT2D eigenvalue weighted by Gasteiger charge is 2.04. The zero-order valence-electron chi connectivity index (χ0n) is 8.59. The Morgan fingerprint density at radius 2 is 2.00 bits per heavy atom. The van der Waals surface area contributed by atoms with Gasteiger partial charge in [0.2, 0.25) is 0 Å². The summed E-state index contributed by atoms with van der Waals surface area (Å²) in [4.78, 5) is 3.99. The maximum Gasteiger partial charge on any atom is 0.130 e. The van der Waals surface area contributed by atoms with Crippen LogP contribution in [0.4, 0.5) is 0 Å². The number of ether oxygens (including phenoxy) is 1. The molecule has 0 heterocycles. The van der Waals surface area contributed by atoms with Gasteiger partial charge in [-0.25, -0.2) is 0 Å². The molecule has 0 saturated heterocycles. The van der Waals surface area contributed by atoms with Gasteiger partial charge in [0.25, 0.3) is 0 Å². The number of aryl methyl sites for hydroxylation is 2. The molecule has 0 unspecified atom stereocenters. The van der Waals surface area contributed by atoms with Gasteiger partial charge in [0.05, 0.1) is 7.11 Å². The van der Waals surface area contributed by atoms with Gasteiger partial charge in [-0.3, -0.25) is 4.99 Å². The standard InChI is InChI=1S/C11H15NO/c1-8-5-9(2)11(13-4)10(6-8)7-12-3/h5-7H,1-4H3. The second kappa shape index (κ2) is 4.08. The topological polar surface area (TPSA) is 21.6 Å². The third-order valence-corrected chi connectivity index (χ3v) is 1.92. The summed E-state index contributed by atoms with van der Waals surface area (Å²) in [6, 6.07) is 4.17. The van der Waals surface area contributed by atoms with E-state index in [2.05, 4.69) is 24.0 Å². The Bertz CT molecular complexity index is 329. The first-order valence-corrected chi connectivity index (χ1v) is 4.26. The lowest BCUT2D eigenvalue weighted by Crippen LogP contribution is -1.95. The molecule has 0 amide bonds. The van der Waals surface area contributed by atoms with Gasteiger partial charge in [-0.15, -0.1) is 0 Å². The van der Waals surface area contributed by atoms with Crippen LogP contribution < -0.4 is 4.74 Å². The molecule has 13 heavy (non-hydrogen) atoms. The highest BCUT2D eigenvalue weighted by atomic mass is 16.5. The molecule has 0 aromatic heterocycles. The summed E-state index contributed by atoms with van der Waals surface area (Å²) < 4.78 is 5.29. The predicted molar refractivity (Wildman–Crippen MR) is 56.0 cm³/mol. The molecule has 0 aliphatic rings. The van der Waals surface area contributed by atoms with Gasteiger partial charge < -0.3 is 4.74 Å². The molecule has 1 aromatic rings. The summed E-state index contributed by atoms with van der Waals surface area (Å²) in [7, 11) is 3.45. The van der Waals surface area contributed by atoms with Crippen molar-refractivity contribution in [2.24, 2.45) is 4.99 Å². The molecular formula is C11H15NO. The lowest BCUT2D eigenvalue weighted by Gasteiger charge is -2.09. The zero-order valence-corrected chi connectivity index (χ0v) is 8.59. The molecule has 0 atom stereocenters. The molecule has 2 heteroatoms. The number of benzene rings is 1. The quantitative estimate of drug-likeness (QED) is 0.635. The Kier molecular flexibility index (Phi) is 3.07. The van der Waals surface area contributed by atoms with Crippen molar-refractivity contribution in [3.63, 3.8) is 0 Å². The fourth-order valence-corrected chi connectivity index (χ4v) is 1.50. The van der Waals surface area contributed by atoms with Crippen LogP contribution in [0.1, 0.15) is 16.7 Å². The van der Waals surface area contributed by atoms with Crippen LogP contribution in [-0.2, 0) is 0 Å². The van der Waals surface area contributed by atoms with E-state index in [0.29, 0.717) is 0 Å². The Morgan fingerprint density at radius 3 is 2.54 bits per heavy atom. The number of nitrogens with zero attached hydrogens (tertiary/aromatic N) is 1. The molecule has 0 fully saturated rings. The summed E-state index contributed by atoms with van der Waals surface area (Å²) in [5, 5.41) is 0. The molecule has 1 rings (SSSR count). The van der Waals surface area contributed by atoms with E-state index in [1.54, 1.807) is 14.2 Å². The Balaban J connectivity index is 3.29. The maximum atomic E-state index is 5.29. The third kappa shape index (κ3) is 2.08. The van der Waals surface area contributed by atoms with Crippen LogP contribution in [0.2, 0.25) is 0 Å². The molecule has 0 aliphatic heterocycles. The van der Waals surface area contributed by atoms with Crippen LogP contribution in [0, 0.1) is 13.8 Å². The van der Waals surface area contributed by atoms with E-state index in [0.717, 1.165) is 16.9 Å². The monoisotopic (exact) mass is 177 g/mol. The lowest BCUT2D eigenvalue weighted by atomic mass is 10.1. The summed E-state index contributed by atoms with van der Waals surface area (Å²) >= 11 is 0. The first-order valence-electron chi connectivity index (χ1n) is 4.26. The van der Waals surface area contributed by atoms with Crippen LogP contribution in [0.25, 0.3) is 0 Å². The second-order valence-corrected chi connectivity index (χ2v) is 3.09. The maximum absolute atomic E-state index is 5.29. The molecular weight excluding hydrogens is 162 g/mol. The van der Waals surface area contributed by atoms with Crippen LogP contribution in [0.5, 0.6) is 5.75 Å². The molecule has 0 bridgehead atoms.